The number of aromatic nitrogens is 6. The van der Waals surface area contributed by atoms with Gasteiger partial charge in [0.2, 0.25) is 0 Å². The lowest BCUT2D eigenvalue weighted by molar-refractivity contribution is 0.0106. The summed E-state index contributed by atoms with van der Waals surface area (Å²) in [5.41, 5.74) is 12.3. The van der Waals surface area contributed by atoms with E-state index in [4.69, 9.17) is 25.1 Å². The van der Waals surface area contributed by atoms with Gasteiger partial charge in [0.25, 0.3) is 0 Å². The van der Waals surface area contributed by atoms with Gasteiger partial charge in [-0.2, -0.15) is 0 Å². The first-order chi connectivity index (χ1) is 46.2. The molecule has 6 heterocycles. The highest BCUT2D eigenvalue weighted by Crippen LogP contribution is 2.37. The molecule has 0 unspecified atom stereocenters. The van der Waals surface area contributed by atoms with E-state index in [0.29, 0.717) is 78.7 Å². The molecule has 21 heteroatoms. The fourth-order valence-corrected chi connectivity index (χ4v) is 11.8. The number of hydrogen-bond donors (Lipinski definition) is 4. The molecule has 0 saturated carbocycles. The Morgan fingerprint density at radius 1 is 0.480 bits per heavy atom. The highest BCUT2D eigenvalue weighted by Gasteiger charge is 2.37. The largest absolute Gasteiger partial charge is 0.478 e. The maximum Gasteiger partial charge on any atom is 0.412 e. The lowest BCUT2D eigenvalue weighted by Crippen LogP contribution is -2.45. The van der Waals surface area contributed by atoms with Crippen molar-refractivity contribution in [2.24, 2.45) is 16.2 Å². The molecular weight excluding hydrogens is 1240 g/mol. The third-order valence-corrected chi connectivity index (χ3v) is 17.6. The van der Waals surface area contributed by atoms with Crippen molar-refractivity contribution in [1.82, 2.24) is 45.0 Å². The number of rotatable bonds is 16. The summed E-state index contributed by atoms with van der Waals surface area (Å²) in [6, 6.07) is 31.4. The van der Waals surface area contributed by atoms with Gasteiger partial charge in [-0.25, -0.2) is 49.1 Å². The second kappa shape index (κ2) is 32.2. The van der Waals surface area contributed by atoms with E-state index < -0.39 is 28.9 Å². The highest BCUT2D eigenvalue weighted by molar-refractivity contribution is 5.99. The summed E-state index contributed by atoms with van der Waals surface area (Å²) in [6.07, 6.45) is 15.9. The van der Waals surface area contributed by atoms with Gasteiger partial charge in [-0.1, -0.05) is 93.6 Å². The van der Waals surface area contributed by atoms with Gasteiger partial charge in [0.05, 0.1) is 16.7 Å². The van der Waals surface area contributed by atoms with Crippen LogP contribution in [-0.2, 0) is 46.3 Å². The first-order valence-corrected chi connectivity index (χ1v) is 33.7. The Balaban J connectivity index is 0.000000198. The molecule has 7 aromatic rings. The molecule has 0 atom stereocenters. The van der Waals surface area contributed by atoms with Crippen molar-refractivity contribution >= 4 is 47.2 Å². The topological polar surface area (TPSA) is 284 Å². The summed E-state index contributed by atoms with van der Waals surface area (Å²) in [6.45, 7) is 27.8. The lowest BCUT2D eigenvalue weighted by atomic mass is 9.77. The number of carboxylic acid groups (broad SMARTS) is 1. The van der Waals surface area contributed by atoms with Gasteiger partial charge in [-0.05, 0) is 188 Å². The van der Waals surface area contributed by atoms with Crippen LogP contribution in [0.15, 0.2) is 134 Å². The molecule has 4 aromatic carbocycles. The van der Waals surface area contributed by atoms with Gasteiger partial charge < -0.3 is 40.2 Å². The zero-order valence-electron chi connectivity index (χ0n) is 59.0. The van der Waals surface area contributed by atoms with Crippen LogP contribution in [0.5, 0.6) is 0 Å². The fraction of sp³-hybridized carbons (Fsp3) is 0.455. The Hall–Kier alpha value is -9.50. The summed E-state index contributed by atoms with van der Waals surface area (Å²) < 4.78 is 16.4. The van der Waals surface area contributed by atoms with Crippen molar-refractivity contribution in [2.75, 3.05) is 50.3 Å². The van der Waals surface area contributed by atoms with Crippen molar-refractivity contribution in [1.29, 1.82) is 0 Å². The predicted octanol–water partition coefficient (Wildman–Crippen LogP) is 14.3. The molecule has 0 bridgehead atoms. The number of likely N-dealkylation sites (tertiary alicyclic amines) is 2. The van der Waals surface area contributed by atoms with E-state index in [-0.39, 0.29) is 58.4 Å². The lowest BCUT2D eigenvalue weighted by Gasteiger charge is -2.39. The maximum atomic E-state index is 13.4. The molecule has 3 aliphatic rings. The number of piperidine rings is 3. The van der Waals surface area contributed by atoms with Gasteiger partial charge in [0, 0.05) is 107 Å². The number of nitrogen functional groups attached to an aromatic ring is 1. The minimum absolute atomic E-state index is 0.0107. The molecule has 3 aliphatic heterocycles. The van der Waals surface area contributed by atoms with Crippen LogP contribution in [0.4, 0.5) is 25.8 Å². The molecule has 520 valence electrons. The molecular formula is C77H97N11O10. The predicted molar refractivity (Wildman–Crippen MR) is 379 cm³/mol. The average molecular weight is 1340 g/mol. The van der Waals surface area contributed by atoms with E-state index in [9.17, 15) is 28.8 Å². The van der Waals surface area contributed by atoms with Gasteiger partial charge >= 0.3 is 24.2 Å². The van der Waals surface area contributed by atoms with Crippen molar-refractivity contribution < 1.29 is 48.1 Å². The van der Waals surface area contributed by atoms with Crippen LogP contribution in [-0.4, -0.2) is 137 Å². The molecule has 21 nitrogen and oxygen atoms in total. The monoisotopic (exact) mass is 1340 g/mol. The standard InChI is InChI=1S/C35H44N4O5.C25H28N4O.C17H25N3O4/c1-33(2,3)43-31(41)38-28-14-13-25(24-11-9-8-10-12-24)19-26(28)20-29(40)27-22-36-30(37-23-27)21-35(7)15-17-39(18-16-35)32(42)44-34(4,5)6;1-25(9-11-27-12-10-25)15-24-28-16-21(17-29-24)23(30)14-20-13-19(7-8-22(20)26)18-5-3-2-4-6-18;1-16(2,3)24-15(23)20-7-5-17(4,6-8-20)9-13-18-10-12(11-19-13)14(21)22/h8-14,19,22-23H,15-18,20-21H2,1-7H3,(H,38,41);2-8,13,16-17,27H,9-12,14-15,26H2,1H3;10-11H,5-9H2,1-4H3,(H,21,22). The van der Waals surface area contributed by atoms with Crippen LogP contribution in [0.25, 0.3) is 22.3 Å². The third-order valence-electron chi connectivity index (χ3n) is 17.6. The SMILES string of the molecule is CC1(Cc2ncc(C(=O)Cc3cc(-c4ccccc4)ccc3N)cn2)CCNCC1.CC1(Cc2ncc(C(=O)Cc3cc(-c4ccccc4)ccc3NC(=O)OC(C)(C)C)cn2)CCN(C(=O)OC(C)(C)C)CC1.CC1(Cc2ncc(C(=O)O)cn2)CCN(C(=O)OC(C)(C)C)CC1. The summed E-state index contributed by atoms with van der Waals surface area (Å²) in [4.78, 5) is 104. The molecule has 3 saturated heterocycles. The van der Waals surface area contributed by atoms with E-state index in [2.05, 4.69) is 61.3 Å². The Morgan fingerprint density at radius 3 is 1.22 bits per heavy atom. The molecule has 3 amide bonds. The van der Waals surface area contributed by atoms with E-state index in [1.165, 1.54) is 12.4 Å². The maximum absolute atomic E-state index is 13.4. The second-order valence-corrected chi connectivity index (χ2v) is 30.0. The van der Waals surface area contributed by atoms with Crippen LogP contribution in [0.2, 0.25) is 0 Å². The fourth-order valence-electron chi connectivity index (χ4n) is 11.8. The normalized spacial score (nSPS) is 15.8. The molecule has 0 aliphatic carbocycles. The van der Waals surface area contributed by atoms with E-state index in [1.54, 1.807) is 61.4 Å². The van der Waals surface area contributed by atoms with Crippen molar-refractivity contribution in [3.8, 4) is 22.3 Å². The summed E-state index contributed by atoms with van der Waals surface area (Å²) in [7, 11) is 0. The van der Waals surface area contributed by atoms with Crippen molar-refractivity contribution in [3.05, 3.63) is 180 Å². The van der Waals surface area contributed by atoms with Gasteiger partial charge in [0.15, 0.2) is 11.6 Å². The number of benzene rings is 4. The summed E-state index contributed by atoms with van der Waals surface area (Å²) in [5.74, 6) is 0.888. The average Bonchev–Trinajstić information content (AvgIpc) is 0.889. The Labute approximate surface area is 576 Å². The molecule has 3 aromatic heterocycles. The van der Waals surface area contributed by atoms with Gasteiger partial charge in [0.1, 0.15) is 34.3 Å². The van der Waals surface area contributed by atoms with E-state index in [0.717, 1.165) is 91.7 Å². The Bertz CT molecular complexity index is 3850. The smallest absolute Gasteiger partial charge is 0.412 e. The number of Topliss-reactive ketones (excluding diaryl/α,β-unsaturated/α-hetero) is 2. The number of carbonyl (C=O) groups excluding carboxylic acids is 5. The molecule has 0 radical (unpaired) electrons. The molecule has 0 spiro atoms. The molecule has 3 fully saturated rings. The quantitative estimate of drug-likeness (QED) is 0.0397. The number of carbonyl (C=O) groups is 6. The first kappa shape index (κ1) is 74.3. The number of nitrogens with two attached hydrogens (primary N) is 1. The number of aromatic carboxylic acids is 1. The third kappa shape index (κ3) is 22.8. The van der Waals surface area contributed by atoms with Crippen LogP contribution in [0.3, 0.4) is 0 Å². The van der Waals surface area contributed by atoms with Crippen LogP contribution in [0, 0.1) is 16.2 Å². The Morgan fingerprint density at radius 2 is 0.837 bits per heavy atom. The van der Waals surface area contributed by atoms with Crippen LogP contribution < -0.4 is 16.4 Å². The van der Waals surface area contributed by atoms with Crippen LogP contribution >= 0.6 is 0 Å². The minimum atomic E-state index is -1.03. The highest BCUT2D eigenvalue weighted by atomic mass is 16.6. The first-order valence-electron chi connectivity index (χ1n) is 33.7. The van der Waals surface area contributed by atoms with Gasteiger partial charge in [-0.15, -0.1) is 0 Å². The molecule has 10 rings (SSSR count). The number of nitrogens with zero attached hydrogens (tertiary/aromatic N) is 8. The number of amides is 3. The number of hydrogen-bond acceptors (Lipinski definition) is 17. The van der Waals surface area contributed by atoms with Crippen LogP contribution in [0.1, 0.15) is 181 Å². The zero-order chi connectivity index (χ0) is 71.1. The van der Waals surface area contributed by atoms with Crippen molar-refractivity contribution in [2.45, 2.75) is 171 Å². The van der Waals surface area contributed by atoms with Crippen molar-refractivity contribution in [3.63, 3.8) is 0 Å². The number of carboxylic acids is 1. The number of nitrogens with one attached hydrogen (secondary N) is 2. The summed E-state index contributed by atoms with van der Waals surface area (Å²) >= 11 is 0. The number of ketones is 2. The van der Waals surface area contributed by atoms with E-state index >= 15 is 0 Å². The summed E-state index contributed by atoms with van der Waals surface area (Å²) in [5, 5.41) is 15.1. The minimum Gasteiger partial charge on any atom is -0.478 e. The number of anilines is 2. The molecule has 5 N–H and O–H groups in total. The Kier molecular flexibility index (Phi) is 24.4. The zero-order valence-corrected chi connectivity index (χ0v) is 59.0. The van der Waals surface area contributed by atoms with E-state index in [1.807, 2.05) is 133 Å². The van der Waals surface area contributed by atoms with Gasteiger partial charge in [-0.3, -0.25) is 14.9 Å². The number of ether oxygens (including phenoxy) is 3. The molecule has 98 heavy (non-hydrogen) atoms. The second-order valence-electron chi connectivity index (χ2n) is 30.0.